The van der Waals surface area contributed by atoms with Crippen LogP contribution in [0.1, 0.15) is 44.2 Å². The molecule has 1 aromatic rings. The van der Waals surface area contributed by atoms with E-state index in [0.29, 0.717) is 5.69 Å². The predicted molar refractivity (Wildman–Crippen MR) is 75.4 cm³/mol. The van der Waals surface area contributed by atoms with Crippen LogP contribution in [-0.4, -0.2) is 22.0 Å². The summed E-state index contributed by atoms with van der Waals surface area (Å²) in [5, 5.41) is 11.9. The van der Waals surface area contributed by atoms with E-state index in [0.717, 1.165) is 31.4 Å². The zero-order chi connectivity index (χ0) is 14.6. The third kappa shape index (κ3) is 3.79. The first-order chi connectivity index (χ1) is 9.49. The summed E-state index contributed by atoms with van der Waals surface area (Å²) in [6.07, 6.45) is 5.66. The van der Waals surface area contributed by atoms with Crippen LogP contribution in [0.25, 0.3) is 0 Å². The minimum atomic E-state index is -0.820. The molecule has 1 fully saturated rings. The average Bonchev–Trinajstić information content (AvgIpc) is 2.75. The number of carbonyl (C=O) groups excluding carboxylic acids is 1. The molecule has 0 spiro atoms. The SMILES string of the molecule is Cc1cc(NC(=O)CC2(CC(=O)O)CCCC2)ccn1. The van der Waals surface area contributed by atoms with Crippen molar-refractivity contribution < 1.29 is 14.7 Å². The van der Waals surface area contributed by atoms with E-state index >= 15 is 0 Å². The lowest BCUT2D eigenvalue weighted by Crippen LogP contribution is -2.27. The van der Waals surface area contributed by atoms with Gasteiger partial charge in [-0.3, -0.25) is 14.6 Å². The van der Waals surface area contributed by atoms with Crippen LogP contribution >= 0.6 is 0 Å². The van der Waals surface area contributed by atoms with E-state index in [1.54, 1.807) is 18.3 Å². The van der Waals surface area contributed by atoms with Crippen LogP contribution in [0.2, 0.25) is 0 Å². The Morgan fingerprint density at radius 1 is 1.35 bits per heavy atom. The monoisotopic (exact) mass is 276 g/mol. The quantitative estimate of drug-likeness (QED) is 0.866. The number of rotatable bonds is 5. The van der Waals surface area contributed by atoms with Crippen molar-refractivity contribution in [1.29, 1.82) is 0 Å². The Balaban J connectivity index is 2.00. The second-order valence-electron chi connectivity index (χ2n) is 5.69. The molecule has 0 bridgehead atoms. The number of anilines is 1. The predicted octanol–water partition coefficient (Wildman–Crippen LogP) is 2.75. The average molecular weight is 276 g/mol. The summed E-state index contributed by atoms with van der Waals surface area (Å²) < 4.78 is 0. The summed E-state index contributed by atoms with van der Waals surface area (Å²) in [5.41, 5.74) is 1.19. The van der Waals surface area contributed by atoms with Crippen LogP contribution in [0.15, 0.2) is 18.3 Å². The number of carbonyl (C=O) groups is 2. The van der Waals surface area contributed by atoms with E-state index < -0.39 is 5.97 Å². The number of carboxylic acid groups (broad SMARTS) is 1. The van der Waals surface area contributed by atoms with Crippen LogP contribution in [-0.2, 0) is 9.59 Å². The highest BCUT2D eigenvalue weighted by Gasteiger charge is 2.37. The normalized spacial score (nSPS) is 16.9. The molecule has 0 aromatic carbocycles. The van der Waals surface area contributed by atoms with Gasteiger partial charge in [0.2, 0.25) is 5.91 Å². The maximum absolute atomic E-state index is 12.1. The highest BCUT2D eigenvalue weighted by Crippen LogP contribution is 2.44. The minimum Gasteiger partial charge on any atom is -0.481 e. The lowest BCUT2D eigenvalue weighted by atomic mass is 9.79. The summed E-state index contributed by atoms with van der Waals surface area (Å²) in [4.78, 5) is 27.2. The fraction of sp³-hybridized carbons (Fsp3) is 0.533. The third-order valence-corrected chi connectivity index (χ3v) is 3.91. The van der Waals surface area contributed by atoms with Crippen molar-refractivity contribution >= 4 is 17.6 Å². The molecule has 2 rings (SSSR count). The minimum absolute atomic E-state index is 0.0792. The Morgan fingerprint density at radius 3 is 2.65 bits per heavy atom. The van der Waals surface area contributed by atoms with Crippen molar-refractivity contribution in [3.8, 4) is 0 Å². The molecule has 5 nitrogen and oxygen atoms in total. The molecule has 108 valence electrons. The summed E-state index contributed by atoms with van der Waals surface area (Å²) >= 11 is 0. The Labute approximate surface area is 118 Å². The zero-order valence-corrected chi connectivity index (χ0v) is 11.7. The number of nitrogens with one attached hydrogen (secondary N) is 1. The Kier molecular flexibility index (Phi) is 4.37. The van der Waals surface area contributed by atoms with Gasteiger partial charge < -0.3 is 10.4 Å². The van der Waals surface area contributed by atoms with E-state index in [4.69, 9.17) is 5.11 Å². The van der Waals surface area contributed by atoms with Crippen molar-refractivity contribution in [2.45, 2.75) is 45.4 Å². The Bertz CT molecular complexity index is 508. The highest BCUT2D eigenvalue weighted by molar-refractivity contribution is 5.91. The van der Waals surface area contributed by atoms with Crippen molar-refractivity contribution in [3.63, 3.8) is 0 Å². The van der Waals surface area contributed by atoms with Gasteiger partial charge in [0, 0.05) is 24.0 Å². The van der Waals surface area contributed by atoms with Crippen molar-refractivity contribution in [2.75, 3.05) is 5.32 Å². The maximum atomic E-state index is 12.1. The molecule has 1 amide bonds. The molecule has 0 unspecified atom stereocenters. The van der Waals surface area contributed by atoms with Gasteiger partial charge in [0.1, 0.15) is 0 Å². The van der Waals surface area contributed by atoms with Crippen molar-refractivity contribution in [1.82, 2.24) is 4.98 Å². The second-order valence-corrected chi connectivity index (χ2v) is 5.69. The number of pyridine rings is 1. The molecule has 20 heavy (non-hydrogen) atoms. The van der Waals surface area contributed by atoms with Crippen LogP contribution in [0.5, 0.6) is 0 Å². The molecule has 1 saturated carbocycles. The number of aliphatic carboxylic acids is 1. The smallest absolute Gasteiger partial charge is 0.303 e. The standard InChI is InChI=1S/C15H20N2O3/c1-11-8-12(4-7-16-11)17-13(18)9-15(10-14(19)20)5-2-3-6-15/h4,7-8H,2-3,5-6,9-10H2,1H3,(H,19,20)(H,16,17,18). The van der Waals surface area contributed by atoms with Crippen LogP contribution in [0, 0.1) is 12.3 Å². The van der Waals surface area contributed by atoms with Gasteiger partial charge in [-0.05, 0) is 37.3 Å². The van der Waals surface area contributed by atoms with E-state index in [2.05, 4.69) is 10.3 Å². The molecule has 0 radical (unpaired) electrons. The van der Waals surface area contributed by atoms with Crippen LogP contribution in [0.4, 0.5) is 5.69 Å². The summed E-state index contributed by atoms with van der Waals surface area (Å²) in [6, 6.07) is 3.54. The molecule has 1 aliphatic rings. The Hall–Kier alpha value is -1.91. The number of aryl methyl sites for hydroxylation is 1. The molecular formula is C15H20N2O3. The number of hydrogen-bond donors (Lipinski definition) is 2. The zero-order valence-electron chi connectivity index (χ0n) is 11.7. The molecule has 5 heteroatoms. The molecule has 2 N–H and O–H groups in total. The van der Waals surface area contributed by atoms with Crippen molar-refractivity contribution in [2.24, 2.45) is 5.41 Å². The Morgan fingerprint density at radius 2 is 2.05 bits per heavy atom. The largest absolute Gasteiger partial charge is 0.481 e. The number of hydrogen-bond acceptors (Lipinski definition) is 3. The number of carboxylic acids is 1. The van der Waals surface area contributed by atoms with E-state index in [1.165, 1.54) is 0 Å². The molecule has 0 atom stereocenters. The number of nitrogens with zero attached hydrogens (tertiary/aromatic N) is 1. The van der Waals surface area contributed by atoms with Gasteiger partial charge in [0.25, 0.3) is 0 Å². The first kappa shape index (κ1) is 14.5. The van der Waals surface area contributed by atoms with Crippen LogP contribution < -0.4 is 5.32 Å². The second kappa shape index (κ2) is 6.03. The van der Waals surface area contributed by atoms with Crippen molar-refractivity contribution in [3.05, 3.63) is 24.0 Å². The molecule has 1 aromatic heterocycles. The van der Waals surface area contributed by atoms with Gasteiger partial charge >= 0.3 is 5.97 Å². The van der Waals surface area contributed by atoms with Gasteiger partial charge in [-0.15, -0.1) is 0 Å². The van der Waals surface area contributed by atoms with E-state index in [1.807, 2.05) is 6.92 Å². The molecule has 1 aliphatic carbocycles. The van der Waals surface area contributed by atoms with E-state index in [-0.39, 0.29) is 24.2 Å². The van der Waals surface area contributed by atoms with Gasteiger partial charge in [-0.1, -0.05) is 12.8 Å². The fourth-order valence-electron chi connectivity index (χ4n) is 3.03. The highest BCUT2D eigenvalue weighted by atomic mass is 16.4. The summed E-state index contributed by atoms with van der Waals surface area (Å²) in [6.45, 7) is 1.86. The van der Waals surface area contributed by atoms with Crippen LogP contribution in [0.3, 0.4) is 0 Å². The molecule has 0 aliphatic heterocycles. The lowest BCUT2D eigenvalue weighted by Gasteiger charge is -2.26. The third-order valence-electron chi connectivity index (χ3n) is 3.91. The van der Waals surface area contributed by atoms with Gasteiger partial charge in [-0.25, -0.2) is 0 Å². The van der Waals surface area contributed by atoms with Gasteiger partial charge in [-0.2, -0.15) is 0 Å². The fourth-order valence-corrected chi connectivity index (χ4v) is 3.03. The first-order valence-electron chi connectivity index (χ1n) is 6.93. The molecule has 0 saturated heterocycles. The lowest BCUT2D eigenvalue weighted by molar-refractivity contribution is -0.140. The van der Waals surface area contributed by atoms with E-state index in [9.17, 15) is 9.59 Å². The molecular weight excluding hydrogens is 256 g/mol. The summed E-state index contributed by atoms with van der Waals surface area (Å²) in [5.74, 6) is -0.932. The number of aromatic nitrogens is 1. The summed E-state index contributed by atoms with van der Waals surface area (Å²) in [7, 11) is 0. The van der Waals surface area contributed by atoms with Gasteiger partial charge in [0.15, 0.2) is 0 Å². The molecule has 1 heterocycles. The topological polar surface area (TPSA) is 79.3 Å². The first-order valence-corrected chi connectivity index (χ1v) is 6.93. The maximum Gasteiger partial charge on any atom is 0.303 e. The number of amides is 1. The van der Waals surface area contributed by atoms with Gasteiger partial charge in [0.05, 0.1) is 6.42 Å².